The van der Waals surface area contributed by atoms with E-state index in [-0.39, 0.29) is 6.04 Å². The van der Waals surface area contributed by atoms with Gasteiger partial charge in [-0.1, -0.05) is 6.92 Å². The van der Waals surface area contributed by atoms with Crippen molar-refractivity contribution in [2.24, 2.45) is 0 Å². The third kappa shape index (κ3) is 2.79. The maximum atomic E-state index is 5.44. The molecule has 2 rings (SSSR count). The summed E-state index contributed by atoms with van der Waals surface area (Å²) in [5.41, 5.74) is 2.06. The van der Waals surface area contributed by atoms with Crippen LogP contribution in [0.2, 0.25) is 0 Å². The lowest BCUT2D eigenvalue weighted by Gasteiger charge is -2.18. The van der Waals surface area contributed by atoms with Crippen molar-refractivity contribution in [3.05, 3.63) is 28.0 Å². The normalized spacial score (nSPS) is 12.6. The van der Waals surface area contributed by atoms with Crippen molar-refractivity contribution in [1.29, 1.82) is 0 Å². The van der Waals surface area contributed by atoms with Crippen LogP contribution in [0.25, 0.3) is 0 Å². The van der Waals surface area contributed by atoms with E-state index in [4.69, 9.17) is 4.74 Å². The third-order valence-electron chi connectivity index (χ3n) is 2.98. The Morgan fingerprint density at radius 3 is 2.79 bits per heavy atom. The summed E-state index contributed by atoms with van der Waals surface area (Å²) in [6.45, 7) is 7.85. The SMILES string of the molecule is CCNC(c1csc(C)n1)c1c(OC)cnn1CC. The number of aryl methyl sites for hydroxylation is 2. The van der Waals surface area contributed by atoms with E-state index in [1.165, 1.54) is 0 Å². The van der Waals surface area contributed by atoms with Gasteiger partial charge in [0.15, 0.2) is 5.75 Å². The Kier molecular flexibility index (Phi) is 4.55. The van der Waals surface area contributed by atoms with E-state index >= 15 is 0 Å². The summed E-state index contributed by atoms with van der Waals surface area (Å²) in [6.07, 6.45) is 1.77. The molecule has 0 spiro atoms. The van der Waals surface area contributed by atoms with Gasteiger partial charge in [0.05, 0.1) is 30.1 Å². The number of ether oxygens (including phenoxy) is 1. The number of hydrogen-bond donors (Lipinski definition) is 1. The first kappa shape index (κ1) is 14.0. The smallest absolute Gasteiger partial charge is 0.161 e. The minimum Gasteiger partial charge on any atom is -0.493 e. The van der Waals surface area contributed by atoms with Gasteiger partial charge in [-0.2, -0.15) is 5.10 Å². The molecule has 2 aromatic heterocycles. The average molecular weight is 280 g/mol. The lowest BCUT2D eigenvalue weighted by Crippen LogP contribution is -2.25. The molecule has 0 saturated carbocycles. The lowest BCUT2D eigenvalue weighted by atomic mass is 10.1. The van der Waals surface area contributed by atoms with Crippen LogP contribution in [0.4, 0.5) is 0 Å². The highest BCUT2D eigenvalue weighted by Crippen LogP contribution is 2.30. The van der Waals surface area contributed by atoms with E-state index in [1.807, 2.05) is 11.6 Å². The van der Waals surface area contributed by atoms with E-state index in [0.29, 0.717) is 0 Å². The van der Waals surface area contributed by atoms with Gasteiger partial charge in [0, 0.05) is 11.9 Å². The molecule has 0 radical (unpaired) electrons. The van der Waals surface area contributed by atoms with Crippen LogP contribution in [-0.2, 0) is 6.54 Å². The van der Waals surface area contributed by atoms with Gasteiger partial charge < -0.3 is 10.1 Å². The van der Waals surface area contributed by atoms with E-state index in [9.17, 15) is 0 Å². The molecule has 0 aliphatic rings. The summed E-state index contributed by atoms with van der Waals surface area (Å²) >= 11 is 1.66. The third-order valence-corrected chi connectivity index (χ3v) is 3.77. The number of thiazole rings is 1. The van der Waals surface area contributed by atoms with Gasteiger partial charge in [-0.15, -0.1) is 11.3 Å². The standard InChI is InChI=1S/C13H20N4OS/c1-5-14-12(10-8-19-9(3)16-10)13-11(18-4)7-15-17(13)6-2/h7-8,12,14H,5-6H2,1-4H3. The van der Waals surface area contributed by atoms with Gasteiger partial charge in [0.1, 0.15) is 5.69 Å². The number of nitrogens with one attached hydrogen (secondary N) is 1. The molecule has 2 heterocycles. The van der Waals surface area contributed by atoms with Gasteiger partial charge >= 0.3 is 0 Å². The van der Waals surface area contributed by atoms with Crippen LogP contribution in [-0.4, -0.2) is 28.4 Å². The zero-order valence-corrected chi connectivity index (χ0v) is 12.6. The van der Waals surface area contributed by atoms with Crippen molar-refractivity contribution in [3.8, 4) is 5.75 Å². The van der Waals surface area contributed by atoms with Crippen molar-refractivity contribution in [2.75, 3.05) is 13.7 Å². The minimum atomic E-state index is 0.0207. The summed E-state index contributed by atoms with van der Waals surface area (Å²) in [5.74, 6) is 0.804. The van der Waals surface area contributed by atoms with Crippen molar-refractivity contribution < 1.29 is 4.74 Å². The van der Waals surface area contributed by atoms with Crippen LogP contribution < -0.4 is 10.1 Å². The zero-order chi connectivity index (χ0) is 13.8. The number of methoxy groups -OCH3 is 1. The first-order valence-electron chi connectivity index (χ1n) is 6.46. The molecule has 0 aliphatic carbocycles. The average Bonchev–Trinajstić information content (AvgIpc) is 3.01. The summed E-state index contributed by atoms with van der Waals surface area (Å²) in [6, 6.07) is 0.0207. The molecule has 1 unspecified atom stereocenters. The highest BCUT2D eigenvalue weighted by Gasteiger charge is 2.24. The molecule has 104 valence electrons. The number of aromatic nitrogens is 3. The van der Waals surface area contributed by atoms with Crippen LogP contribution >= 0.6 is 11.3 Å². The monoisotopic (exact) mass is 280 g/mol. The lowest BCUT2D eigenvalue weighted by molar-refractivity contribution is 0.399. The molecule has 0 aromatic carbocycles. The van der Waals surface area contributed by atoms with Crippen LogP contribution in [0.3, 0.4) is 0 Å². The Balaban J connectivity index is 2.46. The molecule has 1 N–H and O–H groups in total. The van der Waals surface area contributed by atoms with Gasteiger partial charge in [-0.05, 0) is 20.4 Å². The highest BCUT2D eigenvalue weighted by atomic mass is 32.1. The van der Waals surface area contributed by atoms with Gasteiger partial charge in [0.25, 0.3) is 0 Å². The summed E-state index contributed by atoms with van der Waals surface area (Å²) in [5, 5.41) is 11.0. The summed E-state index contributed by atoms with van der Waals surface area (Å²) in [7, 11) is 1.68. The molecule has 2 aromatic rings. The number of nitrogens with zero attached hydrogens (tertiary/aromatic N) is 3. The second-order valence-electron chi connectivity index (χ2n) is 4.20. The van der Waals surface area contributed by atoms with E-state index < -0.39 is 0 Å². The molecule has 6 heteroatoms. The maximum absolute atomic E-state index is 5.44. The van der Waals surface area contributed by atoms with Crippen LogP contribution in [0, 0.1) is 6.92 Å². The molecular formula is C13H20N4OS. The largest absolute Gasteiger partial charge is 0.493 e. The Labute approximate surface area is 117 Å². The molecule has 0 bridgehead atoms. The van der Waals surface area contributed by atoms with Gasteiger partial charge in [0.2, 0.25) is 0 Å². The van der Waals surface area contributed by atoms with Gasteiger partial charge in [-0.3, -0.25) is 4.68 Å². The van der Waals surface area contributed by atoms with Crippen molar-refractivity contribution >= 4 is 11.3 Å². The van der Waals surface area contributed by atoms with E-state index in [0.717, 1.165) is 35.2 Å². The Morgan fingerprint density at radius 2 is 2.26 bits per heavy atom. The van der Waals surface area contributed by atoms with E-state index in [1.54, 1.807) is 24.6 Å². The number of hydrogen-bond acceptors (Lipinski definition) is 5. The molecule has 19 heavy (non-hydrogen) atoms. The second-order valence-corrected chi connectivity index (χ2v) is 5.26. The van der Waals surface area contributed by atoms with Crippen molar-refractivity contribution in [3.63, 3.8) is 0 Å². The molecule has 5 nitrogen and oxygen atoms in total. The predicted octanol–water partition coefficient (Wildman–Crippen LogP) is 2.38. The zero-order valence-electron chi connectivity index (χ0n) is 11.8. The molecule has 0 saturated heterocycles. The fourth-order valence-electron chi connectivity index (χ4n) is 2.14. The highest BCUT2D eigenvalue weighted by molar-refractivity contribution is 7.09. The van der Waals surface area contributed by atoms with Crippen LogP contribution in [0.5, 0.6) is 5.75 Å². The van der Waals surface area contributed by atoms with Crippen molar-refractivity contribution in [2.45, 2.75) is 33.4 Å². The Hall–Kier alpha value is -1.40. The van der Waals surface area contributed by atoms with Crippen molar-refractivity contribution in [1.82, 2.24) is 20.1 Å². The number of rotatable bonds is 6. The first-order chi connectivity index (χ1) is 9.21. The molecule has 0 amide bonds. The maximum Gasteiger partial charge on any atom is 0.161 e. The van der Waals surface area contributed by atoms with E-state index in [2.05, 4.69) is 34.6 Å². The van der Waals surface area contributed by atoms with Crippen LogP contribution in [0.15, 0.2) is 11.6 Å². The molecular weight excluding hydrogens is 260 g/mol. The second kappa shape index (κ2) is 6.16. The minimum absolute atomic E-state index is 0.0207. The Bertz CT molecular complexity index is 513. The summed E-state index contributed by atoms with van der Waals surface area (Å²) < 4.78 is 7.39. The van der Waals surface area contributed by atoms with Gasteiger partial charge in [-0.25, -0.2) is 4.98 Å². The quantitative estimate of drug-likeness (QED) is 0.882. The topological polar surface area (TPSA) is 52.0 Å². The fraction of sp³-hybridized carbons (Fsp3) is 0.538. The molecule has 0 aliphatic heterocycles. The fourth-order valence-corrected chi connectivity index (χ4v) is 2.77. The molecule has 0 fully saturated rings. The first-order valence-corrected chi connectivity index (χ1v) is 7.34. The molecule has 1 atom stereocenters. The predicted molar refractivity (Wildman–Crippen MR) is 76.8 cm³/mol. The Morgan fingerprint density at radius 1 is 1.47 bits per heavy atom. The summed E-state index contributed by atoms with van der Waals surface area (Å²) in [4.78, 5) is 4.60. The van der Waals surface area contributed by atoms with Crippen LogP contribution in [0.1, 0.15) is 36.3 Å².